The van der Waals surface area contributed by atoms with Crippen molar-refractivity contribution in [3.05, 3.63) is 77.3 Å². The van der Waals surface area contributed by atoms with Gasteiger partial charge in [-0.2, -0.15) is 0 Å². The molecule has 2 heterocycles. The van der Waals surface area contributed by atoms with Crippen molar-refractivity contribution in [1.29, 1.82) is 0 Å². The normalized spacial score (nSPS) is 11.5. The zero-order valence-corrected chi connectivity index (χ0v) is 14.2. The van der Waals surface area contributed by atoms with E-state index < -0.39 is 0 Å². The molecule has 0 spiro atoms. The van der Waals surface area contributed by atoms with Gasteiger partial charge in [-0.05, 0) is 24.3 Å². The molecule has 2 nitrogen and oxygen atoms in total. The molecule has 0 saturated heterocycles. The SMILES string of the molecule is Brc1ccc(-c2nc3c4ccccc4oc3c3ccccc23)cc1. The molecule has 0 unspecified atom stereocenters. The molecule has 2 aromatic heterocycles. The summed E-state index contributed by atoms with van der Waals surface area (Å²) < 4.78 is 7.17. The van der Waals surface area contributed by atoms with Crippen LogP contribution in [0.15, 0.2) is 81.7 Å². The number of nitrogens with zero attached hydrogens (tertiary/aromatic N) is 1. The number of aromatic nitrogens is 1. The van der Waals surface area contributed by atoms with E-state index in [9.17, 15) is 0 Å². The summed E-state index contributed by atoms with van der Waals surface area (Å²) >= 11 is 3.50. The molecule has 24 heavy (non-hydrogen) atoms. The van der Waals surface area contributed by atoms with E-state index in [4.69, 9.17) is 9.40 Å². The van der Waals surface area contributed by atoms with Crippen molar-refractivity contribution in [1.82, 2.24) is 4.98 Å². The van der Waals surface area contributed by atoms with E-state index in [0.29, 0.717) is 0 Å². The number of hydrogen-bond donors (Lipinski definition) is 0. The second-order valence-electron chi connectivity index (χ2n) is 5.79. The molecular weight excluding hydrogens is 362 g/mol. The quantitative estimate of drug-likeness (QED) is 0.332. The summed E-state index contributed by atoms with van der Waals surface area (Å²) in [5.74, 6) is 0. The maximum absolute atomic E-state index is 6.11. The number of halogens is 1. The van der Waals surface area contributed by atoms with Gasteiger partial charge in [0.25, 0.3) is 0 Å². The Hall–Kier alpha value is -2.65. The van der Waals surface area contributed by atoms with Crippen LogP contribution in [0.25, 0.3) is 44.1 Å². The second-order valence-corrected chi connectivity index (χ2v) is 6.70. The highest BCUT2D eigenvalue weighted by Crippen LogP contribution is 2.37. The maximum Gasteiger partial charge on any atom is 0.161 e. The smallest absolute Gasteiger partial charge is 0.161 e. The average Bonchev–Trinajstić information content (AvgIpc) is 3.01. The van der Waals surface area contributed by atoms with Crippen LogP contribution in [0.1, 0.15) is 0 Å². The lowest BCUT2D eigenvalue weighted by Gasteiger charge is -2.07. The van der Waals surface area contributed by atoms with Gasteiger partial charge in [0.2, 0.25) is 0 Å². The van der Waals surface area contributed by atoms with Crippen molar-refractivity contribution >= 4 is 48.8 Å². The molecule has 0 amide bonds. The van der Waals surface area contributed by atoms with Gasteiger partial charge >= 0.3 is 0 Å². The number of pyridine rings is 1. The molecule has 0 radical (unpaired) electrons. The van der Waals surface area contributed by atoms with Crippen LogP contribution in [0.2, 0.25) is 0 Å². The van der Waals surface area contributed by atoms with Gasteiger partial charge in [-0.1, -0.05) is 64.5 Å². The lowest BCUT2D eigenvalue weighted by molar-refractivity contribution is 0.672. The van der Waals surface area contributed by atoms with Gasteiger partial charge in [-0.25, -0.2) is 4.98 Å². The third-order valence-electron chi connectivity index (χ3n) is 4.34. The van der Waals surface area contributed by atoms with E-state index in [1.165, 1.54) is 0 Å². The molecule has 0 atom stereocenters. The number of hydrogen-bond acceptors (Lipinski definition) is 2. The Morgan fingerprint density at radius 3 is 2.17 bits per heavy atom. The largest absolute Gasteiger partial charge is 0.454 e. The fraction of sp³-hybridized carbons (Fsp3) is 0. The van der Waals surface area contributed by atoms with E-state index in [2.05, 4.69) is 46.3 Å². The summed E-state index contributed by atoms with van der Waals surface area (Å²) in [6.45, 7) is 0. The van der Waals surface area contributed by atoms with Crippen LogP contribution in [0.3, 0.4) is 0 Å². The molecule has 0 fully saturated rings. The predicted molar refractivity (Wildman–Crippen MR) is 102 cm³/mol. The number of rotatable bonds is 1. The molecule has 5 rings (SSSR count). The molecule has 0 bridgehead atoms. The van der Waals surface area contributed by atoms with Crippen LogP contribution < -0.4 is 0 Å². The first-order valence-electron chi connectivity index (χ1n) is 7.77. The topological polar surface area (TPSA) is 26.0 Å². The minimum Gasteiger partial charge on any atom is -0.454 e. The number of benzene rings is 3. The van der Waals surface area contributed by atoms with Crippen LogP contribution in [-0.2, 0) is 0 Å². The summed E-state index contributed by atoms with van der Waals surface area (Å²) in [6.07, 6.45) is 0. The van der Waals surface area contributed by atoms with Crippen LogP contribution in [0, 0.1) is 0 Å². The van der Waals surface area contributed by atoms with Gasteiger partial charge in [-0.15, -0.1) is 0 Å². The molecule has 0 saturated carbocycles. The number of furan rings is 1. The Labute approximate surface area is 146 Å². The van der Waals surface area contributed by atoms with Gasteiger partial charge in [-0.3, -0.25) is 0 Å². The van der Waals surface area contributed by atoms with Crippen LogP contribution in [0.4, 0.5) is 0 Å². The molecule has 3 aromatic carbocycles. The fourth-order valence-corrected chi connectivity index (χ4v) is 3.48. The first-order valence-corrected chi connectivity index (χ1v) is 8.56. The molecule has 0 aliphatic heterocycles. The highest BCUT2D eigenvalue weighted by atomic mass is 79.9. The highest BCUT2D eigenvalue weighted by Gasteiger charge is 2.15. The first kappa shape index (κ1) is 13.8. The first-order chi connectivity index (χ1) is 11.8. The highest BCUT2D eigenvalue weighted by molar-refractivity contribution is 9.10. The van der Waals surface area contributed by atoms with Crippen molar-refractivity contribution in [2.24, 2.45) is 0 Å². The van der Waals surface area contributed by atoms with E-state index in [1.54, 1.807) is 0 Å². The van der Waals surface area contributed by atoms with Crippen molar-refractivity contribution in [2.75, 3.05) is 0 Å². The zero-order chi connectivity index (χ0) is 16.1. The molecule has 5 aromatic rings. The minimum atomic E-state index is 0.854. The summed E-state index contributed by atoms with van der Waals surface area (Å²) in [6, 6.07) is 24.6. The molecular formula is C21H12BrNO. The molecule has 0 N–H and O–H groups in total. The van der Waals surface area contributed by atoms with Crippen LogP contribution in [-0.4, -0.2) is 4.98 Å². The van der Waals surface area contributed by atoms with E-state index in [1.807, 2.05) is 42.5 Å². The lowest BCUT2D eigenvalue weighted by atomic mass is 10.0. The number of para-hydroxylation sites is 1. The Morgan fingerprint density at radius 1 is 0.708 bits per heavy atom. The third-order valence-corrected chi connectivity index (χ3v) is 4.87. The van der Waals surface area contributed by atoms with Crippen molar-refractivity contribution in [3.8, 4) is 11.3 Å². The molecule has 0 aliphatic carbocycles. The Morgan fingerprint density at radius 2 is 1.38 bits per heavy atom. The van der Waals surface area contributed by atoms with Gasteiger partial charge in [0.1, 0.15) is 11.1 Å². The van der Waals surface area contributed by atoms with Gasteiger partial charge < -0.3 is 4.42 Å². The minimum absolute atomic E-state index is 0.854. The monoisotopic (exact) mass is 373 g/mol. The van der Waals surface area contributed by atoms with Crippen molar-refractivity contribution in [3.63, 3.8) is 0 Å². The van der Waals surface area contributed by atoms with Gasteiger partial charge in [0.05, 0.1) is 5.69 Å². The lowest BCUT2D eigenvalue weighted by Crippen LogP contribution is -1.87. The van der Waals surface area contributed by atoms with E-state index >= 15 is 0 Å². The van der Waals surface area contributed by atoms with E-state index in [0.717, 1.165) is 48.6 Å². The third kappa shape index (κ3) is 1.98. The van der Waals surface area contributed by atoms with Crippen LogP contribution >= 0.6 is 15.9 Å². The zero-order valence-electron chi connectivity index (χ0n) is 12.7. The standard InChI is InChI=1S/C21H12BrNO/c22-14-11-9-13(10-12-14)19-15-5-1-2-6-16(15)21-20(23-19)17-7-3-4-8-18(17)24-21/h1-12H. The summed E-state index contributed by atoms with van der Waals surface area (Å²) in [4.78, 5) is 4.98. The predicted octanol–water partition coefficient (Wildman–Crippen LogP) is 6.56. The fourth-order valence-electron chi connectivity index (χ4n) is 3.21. The van der Waals surface area contributed by atoms with E-state index in [-0.39, 0.29) is 0 Å². The molecule has 0 aliphatic rings. The Balaban J connectivity index is 1.97. The Kier molecular flexibility index (Phi) is 2.97. The average molecular weight is 374 g/mol. The van der Waals surface area contributed by atoms with Crippen molar-refractivity contribution < 1.29 is 4.42 Å². The molecule has 3 heteroatoms. The second kappa shape index (κ2) is 5.18. The summed E-state index contributed by atoms with van der Waals surface area (Å²) in [5.41, 5.74) is 4.73. The molecule has 114 valence electrons. The van der Waals surface area contributed by atoms with Gasteiger partial charge in [0.15, 0.2) is 5.58 Å². The Bertz CT molecular complexity index is 1210. The van der Waals surface area contributed by atoms with Gasteiger partial charge in [0, 0.05) is 26.2 Å². The summed E-state index contributed by atoms with van der Waals surface area (Å²) in [7, 11) is 0. The maximum atomic E-state index is 6.11. The van der Waals surface area contributed by atoms with Crippen LogP contribution in [0.5, 0.6) is 0 Å². The van der Waals surface area contributed by atoms with Crippen molar-refractivity contribution in [2.45, 2.75) is 0 Å². The summed E-state index contributed by atoms with van der Waals surface area (Å²) in [5, 5.41) is 3.25. The number of fused-ring (bicyclic) bond motifs is 5.